The van der Waals surface area contributed by atoms with E-state index in [4.69, 9.17) is 9.56 Å². The van der Waals surface area contributed by atoms with Gasteiger partial charge in [-0.1, -0.05) is 47.7 Å². The molecule has 0 unspecified atom stereocenters. The smallest absolute Gasteiger partial charge is 0.266 e. The summed E-state index contributed by atoms with van der Waals surface area (Å²) >= 11 is 2.53. The Balaban J connectivity index is 1.47. The molecule has 38 heavy (non-hydrogen) atoms. The molecule has 8 nitrogen and oxygen atoms in total. The summed E-state index contributed by atoms with van der Waals surface area (Å²) in [5, 5.41) is 20.8. The van der Waals surface area contributed by atoms with E-state index in [9.17, 15) is 18.5 Å². The number of furan rings is 1. The Morgan fingerprint density at radius 1 is 1.00 bits per heavy atom. The Morgan fingerprint density at radius 3 is 2.42 bits per heavy atom. The molecule has 0 aliphatic heterocycles. The maximum Gasteiger partial charge on any atom is 0.266 e. The van der Waals surface area contributed by atoms with Gasteiger partial charge in [0.15, 0.2) is 0 Å². The molecule has 0 aliphatic carbocycles. The Bertz CT molecular complexity index is 1780. The van der Waals surface area contributed by atoms with E-state index < -0.39 is 10.0 Å². The van der Waals surface area contributed by atoms with Crippen molar-refractivity contribution >= 4 is 55.3 Å². The number of thiophene rings is 1. The van der Waals surface area contributed by atoms with Gasteiger partial charge in [0.1, 0.15) is 33.3 Å². The summed E-state index contributed by atoms with van der Waals surface area (Å²) in [6.07, 6.45) is 1.57. The highest BCUT2D eigenvalue weighted by Crippen LogP contribution is 2.37. The van der Waals surface area contributed by atoms with E-state index in [2.05, 4.69) is 16.4 Å². The van der Waals surface area contributed by atoms with Gasteiger partial charge in [-0.3, -0.25) is 4.79 Å². The van der Waals surface area contributed by atoms with Crippen LogP contribution < -0.4 is 10.5 Å². The topological polar surface area (TPSA) is 139 Å². The van der Waals surface area contributed by atoms with Crippen molar-refractivity contribution in [2.24, 2.45) is 5.14 Å². The quantitative estimate of drug-likeness (QED) is 0.232. The lowest BCUT2D eigenvalue weighted by atomic mass is 10.1. The van der Waals surface area contributed by atoms with E-state index in [-0.39, 0.29) is 16.4 Å². The predicted molar refractivity (Wildman–Crippen MR) is 149 cm³/mol. The lowest BCUT2D eigenvalue weighted by Gasteiger charge is -2.03. The van der Waals surface area contributed by atoms with Crippen LogP contribution in [0, 0.1) is 11.3 Å². The molecule has 1 amide bonds. The summed E-state index contributed by atoms with van der Waals surface area (Å²) in [7, 11) is -3.80. The molecule has 2 aromatic carbocycles. The molecule has 3 aromatic heterocycles. The second-order valence-electron chi connectivity index (χ2n) is 7.94. The largest absolute Gasteiger partial charge is 0.457 e. The zero-order valence-electron chi connectivity index (χ0n) is 19.5. The van der Waals surface area contributed by atoms with Crippen molar-refractivity contribution in [1.82, 2.24) is 4.98 Å². The Labute approximate surface area is 226 Å². The van der Waals surface area contributed by atoms with Gasteiger partial charge in [0.25, 0.3) is 5.91 Å². The molecule has 5 rings (SSSR count). The molecular weight excluding hydrogens is 541 g/mol. The third-order valence-electron chi connectivity index (χ3n) is 5.38. The molecule has 0 radical (unpaired) electrons. The predicted octanol–water partition coefficient (Wildman–Crippen LogP) is 6.10. The van der Waals surface area contributed by atoms with Gasteiger partial charge in [0.2, 0.25) is 10.0 Å². The second-order valence-corrected chi connectivity index (χ2v) is 11.4. The molecule has 0 bridgehead atoms. The number of hydrogen-bond acceptors (Lipinski definition) is 8. The van der Waals surface area contributed by atoms with Crippen LogP contribution in [-0.2, 0) is 10.0 Å². The van der Waals surface area contributed by atoms with Crippen molar-refractivity contribution in [3.05, 3.63) is 99.9 Å². The van der Waals surface area contributed by atoms with Gasteiger partial charge >= 0.3 is 0 Å². The number of carbonyl (C=O) groups is 1. The standard InChI is InChI=1S/C27H18N4O4S3/c28-16-19(15-20-10-13-22(35-20)17-8-11-21(12-9-17)38(29,33)34)26-30-24(18-5-2-1-3-6-18)27(37-26)31-25(32)23-7-4-14-36-23/h1-15H,(H,31,32)(H2,29,33,34)/b19-15+. The van der Waals surface area contributed by atoms with Gasteiger partial charge in [0.05, 0.1) is 15.3 Å². The fourth-order valence-corrected chi connectivity index (χ4v) is 5.65. The number of amides is 1. The van der Waals surface area contributed by atoms with E-state index in [0.29, 0.717) is 37.7 Å². The first-order valence-electron chi connectivity index (χ1n) is 11.1. The number of rotatable bonds is 7. The zero-order valence-corrected chi connectivity index (χ0v) is 21.9. The van der Waals surface area contributed by atoms with Crippen molar-refractivity contribution in [2.75, 3.05) is 5.32 Å². The van der Waals surface area contributed by atoms with E-state index in [0.717, 1.165) is 5.56 Å². The zero-order chi connectivity index (χ0) is 26.7. The Kier molecular flexibility index (Phi) is 7.04. The first-order chi connectivity index (χ1) is 18.3. The van der Waals surface area contributed by atoms with Crippen LogP contribution >= 0.6 is 22.7 Å². The van der Waals surface area contributed by atoms with Crippen LogP contribution in [0.5, 0.6) is 0 Å². The Morgan fingerprint density at radius 2 is 1.76 bits per heavy atom. The van der Waals surface area contributed by atoms with Gasteiger partial charge in [-0.05, 0) is 47.8 Å². The molecule has 11 heteroatoms. The SMILES string of the molecule is N#C/C(=C\c1ccc(-c2ccc(S(N)(=O)=O)cc2)o1)c1nc(-c2ccccc2)c(NC(=O)c2cccs2)s1. The molecule has 0 saturated heterocycles. The van der Waals surface area contributed by atoms with Crippen molar-refractivity contribution in [2.45, 2.75) is 4.90 Å². The summed E-state index contributed by atoms with van der Waals surface area (Å²) in [6, 6.07) is 24.5. The number of thiazole rings is 1. The average molecular weight is 559 g/mol. The van der Waals surface area contributed by atoms with E-state index in [1.807, 2.05) is 35.7 Å². The minimum atomic E-state index is -3.80. The maximum atomic E-state index is 12.8. The van der Waals surface area contributed by atoms with Crippen LogP contribution in [0.15, 0.2) is 93.6 Å². The molecule has 3 heterocycles. The normalized spacial score (nSPS) is 11.7. The fraction of sp³-hybridized carbons (Fsp3) is 0. The number of primary sulfonamides is 1. The molecule has 188 valence electrons. The van der Waals surface area contributed by atoms with E-state index >= 15 is 0 Å². The van der Waals surface area contributed by atoms with Crippen LogP contribution in [0.4, 0.5) is 5.00 Å². The highest BCUT2D eigenvalue weighted by molar-refractivity contribution is 7.89. The van der Waals surface area contributed by atoms with Crippen molar-refractivity contribution in [3.63, 3.8) is 0 Å². The summed E-state index contributed by atoms with van der Waals surface area (Å²) in [6.45, 7) is 0. The number of nitriles is 1. The van der Waals surface area contributed by atoms with Crippen LogP contribution in [0.25, 0.3) is 34.2 Å². The molecule has 5 aromatic rings. The minimum Gasteiger partial charge on any atom is -0.457 e. The molecule has 0 fully saturated rings. The monoisotopic (exact) mass is 558 g/mol. The number of aromatic nitrogens is 1. The first kappa shape index (κ1) is 25.3. The number of carbonyl (C=O) groups excluding carboxylic acids is 1. The fourth-order valence-electron chi connectivity index (χ4n) is 3.56. The summed E-state index contributed by atoms with van der Waals surface area (Å²) in [5.41, 5.74) is 2.27. The number of hydrogen-bond donors (Lipinski definition) is 2. The van der Waals surface area contributed by atoms with Crippen molar-refractivity contribution < 1.29 is 17.6 Å². The van der Waals surface area contributed by atoms with E-state index in [1.165, 1.54) is 34.8 Å². The minimum absolute atomic E-state index is 0.000318. The van der Waals surface area contributed by atoms with Gasteiger partial charge in [-0.15, -0.1) is 11.3 Å². The van der Waals surface area contributed by atoms with Crippen molar-refractivity contribution in [3.8, 4) is 28.7 Å². The molecule has 0 aliphatic rings. The molecule has 0 atom stereocenters. The first-order valence-corrected chi connectivity index (χ1v) is 14.3. The van der Waals surface area contributed by atoms with E-state index in [1.54, 1.807) is 42.5 Å². The molecular formula is C27H18N4O4S3. The third kappa shape index (κ3) is 5.49. The number of nitrogens with zero attached hydrogens (tertiary/aromatic N) is 2. The number of nitrogens with one attached hydrogen (secondary N) is 1. The van der Waals surface area contributed by atoms with Crippen LogP contribution in [-0.4, -0.2) is 19.3 Å². The molecule has 0 spiro atoms. The summed E-state index contributed by atoms with van der Waals surface area (Å²) in [4.78, 5) is 18.0. The third-order valence-corrected chi connectivity index (χ3v) is 8.18. The lowest BCUT2D eigenvalue weighted by molar-refractivity contribution is 0.103. The lowest BCUT2D eigenvalue weighted by Crippen LogP contribution is -2.11. The summed E-state index contributed by atoms with van der Waals surface area (Å²) < 4.78 is 28.9. The van der Waals surface area contributed by atoms with Gasteiger partial charge in [0, 0.05) is 17.2 Å². The molecule has 3 N–H and O–H groups in total. The van der Waals surface area contributed by atoms with Crippen LogP contribution in [0.1, 0.15) is 20.4 Å². The number of sulfonamides is 1. The summed E-state index contributed by atoms with van der Waals surface area (Å²) in [5.74, 6) is 0.647. The van der Waals surface area contributed by atoms with Crippen molar-refractivity contribution in [1.29, 1.82) is 5.26 Å². The highest BCUT2D eigenvalue weighted by Gasteiger charge is 2.19. The average Bonchev–Trinajstić information content (AvgIpc) is 3.69. The van der Waals surface area contributed by atoms with Crippen LogP contribution in [0.2, 0.25) is 0 Å². The van der Waals surface area contributed by atoms with Crippen LogP contribution in [0.3, 0.4) is 0 Å². The number of allylic oxidation sites excluding steroid dienone is 1. The second kappa shape index (κ2) is 10.6. The van der Waals surface area contributed by atoms with Gasteiger partial charge in [-0.2, -0.15) is 5.26 Å². The number of anilines is 1. The molecule has 0 saturated carbocycles. The number of benzene rings is 2. The maximum absolute atomic E-state index is 12.8. The van der Waals surface area contributed by atoms with Gasteiger partial charge < -0.3 is 9.73 Å². The highest BCUT2D eigenvalue weighted by atomic mass is 32.2. The Hall–Kier alpha value is -4.34. The number of nitrogens with two attached hydrogens (primary N) is 1. The van der Waals surface area contributed by atoms with Gasteiger partial charge in [-0.25, -0.2) is 18.5 Å².